The fourth-order valence-electron chi connectivity index (χ4n) is 1.37. The molecular formula is C11H19N3O3. The molecule has 17 heavy (non-hydrogen) atoms. The van der Waals surface area contributed by atoms with E-state index >= 15 is 0 Å². The van der Waals surface area contributed by atoms with Crippen molar-refractivity contribution in [2.24, 2.45) is 11.7 Å². The molecule has 6 nitrogen and oxygen atoms in total. The SMILES string of the molecule is COCc1cc(C(=O)NC(CN)C(C)C)no1. The first-order chi connectivity index (χ1) is 8.08. The summed E-state index contributed by atoms with van der Waals surface area (Å²) in [6.45, 7) is 4.69. The van der Waals surface area contributed by atoms with Crippen molar-refractivity contribution in [3.8, 4) is 0 Å². The average molecular weight is 241 g/mol. The normalized spacial score (nSPS) is 12.8. The van der Waals surface area contributed by atoms with Gasteiger partial charge in [-0.05, 0) is 5.92 Å². The van der Waals surface area contributed by atoms with E-state index in [2.05, 4.69) is 10.5 Å². The molecular weight excluding hydrogens is 222 g/mol. The van der Waals surface area contributed by atoms with Crippen LogP contribution in [0, 0.1) is 5.92 Å². The minimum Gasteiger partial charge on any atom is -0.377 e. The van der Waals surface area contributed by atoms with Crippen LogP contribution in [0.3, 0.4) is 0 Å². The van der Waals surface area contributed by atoms with Gasteiger partial charge in [0.15, 0.2) is 11.5 Å². The van der Waals surface area contributed by atoms with E-state index in [0.29, 0.717) is 18.9 Å². The van der Waals surface area contributed by atoms with Gasteiger partial charge in [0.1, 0.15) is 6.61 Å². The van der Waals surface area contributed by atoms with Gasteiger partial charge in [0.05, 0.1) is 0 Å². The fourth-order valence-corrected chi connectivity index (χ4v) is 1.37. The van der Waals surface area contributed by atoms with Gasteiger partial charge in [-0.1, -0.05) is 19.0 Å². The molecule has 0 saturated heterocycles. The zero-order chi connectivity index (χ0) is 12.8. The van der Waals surface area contributed by atoms with Crippen LogP contribution in [0.4, 0.5) is 0 Å². The summed E-state index contributed by atoms with van der Waals surface area (Å²) in [5, 5.41) is 6.48. The molecule has 0 bridgehead atoms. The van der Waals surface area contributed by atoms with Gasteiger partial charge in [-0.2, -0.15) is 0 Å². The summed E-state index contributed by atoms with van der Waals surface area (Å²) in [5.41, 5.74) is 5.82. The number of hydrogen-bond acceptors (Lipinski definition) is 5. The summed E-state index contributed by atoms with van der Waals surface area (Å²) < 4.78 is 9.81. The van der Waals surface area contributed by atoms with Crippen LogP contribution in [0.2, 0.25) is 0 Å². The van der Waals surface area contributed by atoms with E-state index in [1.165, 1.54) is 0 Å². The maximum Gasteiger partial charge on any atom is 0.273 e. The van der Waals surface area contributed by atoms with Crippen molar-refractivity contribution in [2.45, 2.75) is 26.5 Å². The Morgan fingerprint density at radius 1 is 1.65 bits per heavy atom. The highest BCUT2D eigenvalue weighted by Gasteiger charge is 2.18. The molecule has 1 atom stereocenters. The second kappa shape index (κ2) is 6.36. The Kier molecular flexibility index (Phi) is 5.11. The number of carbonyl (C=O) groups excluding carboxylic acids is 1. The Balaban J connectivity index is 2.62. The van der Waals surface area contributed by atoms with Gasteiger partial charge in [0.25, 0.3) is 5.91 Å². The van der Waals surface area contributed by atoms with Gasteiger partial charge >= 0.3 is 0 Å². The first-order valence-corrected chi connectivity index (χ1v) is 5.54. The van der Waals surface area contributed by atoms with Gasteiger partial charge in [0.2, 0.25) is 0 Å². The minimum absolute atomic E-state index is 0.0647. The van der Waals surface area contributed by atoms with Crippen LogP contribution in [-0.2, 0) is 11.3 Å². The molecule has 0 aromatic carbocycles. The second-order valence-corrected chi connectivity index (χ2v) is 4.17. The maximum absolute atomic E-state index is 11.8. The molecule has 0 fully saturated rings. The lowest BCUT2D eigenvalue weighted by atomic mass is 10.0. The molecule has 6 heteroatoms. The summed E-state index contributed by atoms with van der Waals surface area (Å²) in [6.07, 6.45) is 0. The summed E-state index contributed by atoms with van der Waals surface area (Å²) in [7, 11) is 1.55. The highest BCUT2D eigenvalue weighted by atomic mass is 16.5. The predicted octanol–water partition coefficient (Wildman–Crippen LogP) is 0.534. The van der Waals surface area contributed by atoms with Crippen molar-refractivity contribution in [3.05, 3.63) is 17.5 Å². The monoisotopic (exact) mass is 241 g/mol. The molecule has 0 aliphatic heterocycles. The predicted molar refractivity (Wildman–Crippen MR) is 62.4 cm³/mol. The number of aromatic nitrogens is 1. The lowest BCUT2D eigenvalue weighted by Gasteiger charge is -2.19. The van der Waals surface area contributed by atoms with Gasteiger partial charge < -0.3 is 20.3 Å². The van der Waals surface area contributed by atoms with Gasteiger partial charge in [0, 0.05) is 25.8 Å². The van der Waals surface area contributed by atoms with Crippen molar-refractivity contribution < 1.29 is 14.1 Å². The van der Waals surface area contributed by atoms with Crippen LogP contribution in [0.1, 0.15) is 30.1 Å². The Hall–Kier alpha value is -1.40. The molecule has 0 radical (unpaired) electrons. The van der Waals surface area contributed by atoms with E-state index in [0.717, 1.165) is 0 Å². The van der Waals surface area contributed by atoms with Crippen molar-refractivity contribution in [1.29, 1.82) is 0 Å². The number of rotatable bonds is 6. The van der Waals surface area contributed by atoms with Crippen molar-refractivity contribution in [2.75, 3.05) is 13.7 Å². The maximum atomic E-state index is 11.8. The van der Waals surface area contributed by atoms with Crippen LogP contribution < -0.4 is 11.1 Å². The van der Waals surface area contributed by atoms with Crippen molar-refractivity contribution >= 4 is 5.91 Å². The fraction of sp³-hybridized carbons (Fsp3) is 0.636. The highest BCUT2D eigenvalue weighted by molar-refractivity contribution is 5.92. The van der Waals surface area contributed by atoms with E-state index < -0.39 is 0 Å². The average Bonchev–Trinajstić information content (AvgIpc) is 2.74. The largest absolute Gasteiger partial charge is 0.377 e. The summed E-state index contributed by atoms with van der Waals surface area (Å²) in [6, 6.07) is 1.50. The Morgan fingerprint density at radius 3 is 2.88 bits per heavy atom. The van der Waals surface area contributed by atoms with E-state index in [4.69, 9.17) is 15.0 Å². The number of nitrogens with two attached hydrogens (primary N) is 1. The number of amides is 1. The van der Waals surface area contributed by atoms with E-state index in [9.17, 15) is 4.79 Å². The van der Waals surface area contributed by atoms with Gasteiger partial charge in [-0.25, -0.2) is 0 Å². The van der Waals surface area contributed by atoms with Crippen LogP contribution in [0.5, 0.6) is 0 Å². The third kappa shape index (κ3) is 3.83. The number of hydrogen-bond donors (Lipinski definition) is 2. The van der Waals surface area contributed by atoms with Crippen LogP contribution in [0.15, 0.2) is 10.6 Å². The number of nitrogens with one attached hydrogen (secondary N) is 1. The van der Waals surface area contributed by atoms with Gasteiger partial charge in [-0.3, -0.25) is 4.79 Å². The zero-order valence-electron chi connectivity index (χ0n) is 10.4. The first-order valence-electron chi connectivity index (χ1n) is 5.54. The molecule has 0 spiro atoms. The van der Waals surface area contributed by atoms with Gasteiger partial charge in [-0.15, -0.1) is 0 Å². The lowest BCUT2D eigenvalue weighted by Crippen LogP contribution is -2.43. The first kappa shape index (κ1) is 13.7. The molecule has 1 amide bonds. The smallest absolute Gasteiger partial charge is 0.273 e. The van der Waals surface area contributed by atoms with E-state index in [1.807, 2.05) is 13.8 Å². The molecule has 1 rings (SSSR count). The van der Waals surface area contributed by atoms with E-state index in [-0.39, 0.29) is 23.6 Å². The quantitative estimate of drug-likeness (QED) is 0.758. The Bertz CT molecular complexity index is 363. The number of methoxy groups -OCH3 is 1. The topological polar surface area (TPSA) is 90.4 Å². The molecule has 1 unspecified atom stereocenters. The summed E-state index contributed by atoms with van der Waals surface area (Å²) in [5.74, 6) is 0.515. The lowest BCUT2D eigenvalue weighted by molar-refractivity contribution is 0.0918. The van der Waals surface area contributed by atoms with E-state index in [1.54, 1.807) is 13.2 Å². The second-order valence-electron chi connectivity index (χ2n) is 4.17. The minimum atomic E-state index is -0.278. The highest BCUT2D eigenvalue weighted by Crippen LogP contribution is 2.06. The third-order valence-electron chi connectivity index (χ3n) is 2.45. The number of ether oxygens (including phenoxy) is 1. The molecule has 1 heterocycles. The van der Waals surface area contributed by atoms with Crippen LogP contribution >= 0.6 is 0 Å². The van der Waals surface area contributed by atoms with Crippen molar-refractivity contribution in [3.63, 3.8) is 0 Å². The molecule has 0 saturated carbocycles. The molecule has 1 aromatic rings. The number of nitrogens with zero attached hydrogens (tertiary/aromatic N) is 1. The zero-order valence-corrected chi connectivity index (χ0v) is 10.4. The Morgan fingerprint density at radius 2 is 2.35 bits per heavy atom. The number of carbonyl (C=O) groups is 1. The summed E-state index contributed by atoms with van der Waals surface area (Å²) in [4.78, 5) is 11.8. The Labute approximate surface area is 100 Å². The molecule has 1 aromatic heterocycles. The van der Waals surface area contributed by atoms with Crippen molar-refractivity contribution in [1.82, 2.24) is 10.5 Å². The van der Waals surface area contributed by atoms with Crippen LogP contribution in [0.25, 0.3) is 0 Å². The molecule has 0 aliphatic rings. The summed E-state index contributed by atoms with van der Waals surface area (Å²) >= 11 is 0. The standard InChI is InChI=1S/C11H19N3O3/c1-7(2)10(5-12)13-11(15)9-4-8(6-16-3)17-14-9/h4,7,10H,5-6,12H2,1-3H3,(H,13,15). The molecule has 3 N–H and O–H groups in total. The van der Waals surface area contributed by atoms with Crippen LogP contribution in [-0.4, -0.2) is 30.8 Å². The molecule has 0 aliphatic carbocycles. The third-order valence-corrected chi connectivity index (χ3v) is 2.45. The molecule has 96 valence electrons.